The first-order valence-electron chi connectivity index (χ1n) is 3.96. The zero-order chi connectivity index (χ0) is 8.85. The van der Waals surface area contributed by atoms with Crippen molar-refractivity contribution in [2.24, 2.45) is 11.7 Å². The van der Waals surface area contributed by atoms with Crippen molar-refractivity contribution >= 4 is 5.78 Å². The Hall–Kier alpha value is -0.410. The number of ketones is 1. The molecule has 0 radical (unpaired) electrons. The van der Waals surface area contributed by atoms with Crippen LogP contribution < -0.4 is 5.73 Å². The summed E-state index contributed by atoms with van der Waals surface area (Å²) in [5, 5.41) is 0. The highest BCUT2D eigenvalue weighted by Crippen LogP contribution is 1.94. The van der Waals surface area contributed by atoms with Gasteiger partial charge in [-0.05, 0) is 13.0 Å². The van der Waals surface area contributed by atoms with Gasteiger partial charge in [-0.2, -0.15) is 0 Å². The normalized spacial score (nSPS) is 11.1. The van der Waals surface area contributed by atoms with E-state index in [1.54, 1.807) is 0 Å². The lowest BCUT2D eigenvalue weighted by Gasteiger charge is -2.17. The number of hydrogen-bond acceptors (Lipinski definition) is 3. The number of hydrogen-bond donors (Lipinski definition) is 1. The highest BCUT2D eigenvalue weighted by Gasteiger charge is 2.05. The highest BCUT2D eigenvalue weighted by molar-refractivity contribution is 5.82. The van der Waals surface area contributed by atoms with Gasteiger partial charge in [0.2, 0.25) is 0 Å². The SMILES string of the molecule is CC(C)CN(C)CC(=O)CN. The Bertz CT molecular complexity index is 123. The standard InChI is InChI=1S/C8H18N2O/c1-7(2)5-10(3)6-8(11)4-9/h7H,4-6,9H2,1-3H3. The van der Waals surface area contributed by atoms with E-state index in [1.165, 1.54) is 0 Å². The smallest absolute Gasteiger partial charge is 0.160 e. The van der Waals surface area contributed by atoms with E-state index in [0.717, 1.165) is 6.54 Å². The van der Waals surface area contributed by atoms with Crippen LogP contribution in [0.1, 0.15) is 13.8 Å². The molecule has 0 aromatic rings. The average Bonchev–Trinajstić information content (AvgIpc) is 1.85. The molecule has 3 nitrogen and oxygen atoms in total. The minimum atomic E-state index is 0.105. The molecule has 3 heteroatoms. The van der Waals surface area contributed by atoms with Crippen LogP contribution >= 0.6 is 0 Å². The van der Waals surface area contributed by atoms with Crippen LogP contribution in [0.4, 0.5) is 0 Å². The van der Waals surface area contributed by atoms with Gasteiger partial charge in [0.25, 0.3) is 0 Å². The molecule has 0 amide bonds. The Kier molecular flexibility index (Phi) is 5.07. The Labute approximate surface area is 68.6 Å². The van der Waals surface area contributed by atoms with E-state index in [9.17, 15) is 4.79 Å². The molecule has 0 fully saturated rings. The molecule has 0 saturated carbocycles. The average molecular weight is 158 g/mol. The van der Waals surface area contributed by atoms with Crippen molar-refractivity contribution < 1.29 is 4.79 Å². The molecule has 0 spiro atoms. The van der Waals surface area contributed by atoms with E-state index in [0.29, 0.717) is 12.5 Å². The lowest BCUT2D eigenvalue weighted by molar-refractivity contribution is -0.118. The lowest BCUT2D eigenvalue weighted by Crippen LogP contribution is -2.32. The van der Waals surface area contributed by atoms with Crippen molar-refractivity contribution in [3.8, 4) is 0 Å². The van der Waals surface area contributed by atoms with Crippen LogP contribution in [0.15, 0.2) is 0 Å². The van der Waals surface area contributed by atoms with Crippen molar-refractivity contribution in [3.05, 3.63) is 0 Å². The van der Waals surface area contributed by atoms with Crippen LogP contribution in [0.5, 0.6) is 0 Å². The lowest BCUT2D eigenvalue weighted by atomic mass is 10.2. The number of likely N-dealkylation sites (N-methyl/N-ethyl adjacent to an activating group) is 1. The van der Waals surface area contributed by atoms with Crippen molar-refractivity contribution in [3.63, 3.8) is 0 Å². The molecule has 0 unspecified atom stereocenters. The van der Waals surface area contributed by atoms with Gasteiger partial charge in [-0.15, -0.1) is 0 Å². The van der Waals surface area contributed by atoms with Gasteiger partial charge in [0, 0.05) is 6.54 Å². The van der Waals surface area contributed by atoms with Crippen LogP contribution in [0.2, 0.25) is 0 Å². The topological polar surface area (TPSA) is 46.3 Å². The number of rotatable bonds is 5. The van der Waals surface area contributed by atoms with Crippen LogP contribution in [0.25, 0.3) is 0 Å². The Morgan fingerprint density at radius 3 is 2.45 bits per heavy atom. The summed E-state index contributed by atoms with van der Waals surface area (Å²) in [6.07, 6.45) is 0. The molecule has 0 aromatic heterocycles. The van der Waals surface area contributed by atoms with E-state index in [4.69, 9.17) is 5.73 Å². The third-order valence-electron chi connectivity index (χ3n) is 1.35. The second-order valence-electron chi connectivity index (χ2n) is 3.33. The van der Waals surface area contributed by atoms with Crippen LogP contribution in [-0.2, 0) is 4.79 Å². The fourth-order valence-corrected chi connectivity index (χ4v) is 1.05. The molecular weight excluding hydrogens is 140 g/mol. The van der Waals surface area contributed by atoms with Crippen LogP contribution in [0.3, 0.4) is 0 Å². The molecule has 0 rings (SSSR count). The molecule has 0 aliphatic rings. The molecule has 0 bridgehead atoms. The number of Topliss-reactive ketones (excluding diaryl/α,β-unsaturated/α-hetero) is 1. The van der Waals surface area contributed by atoms with Gasteiger partial charge in [-0.25, -0.2) is 0 Å². The summed E-state index contributed by atoms with van der Waals surface area (Å²) in [5.41, 5.74) is 5.17. The molecule has 0 aliphatic heterocycles. The summed E-state index contributed by atoms with van der Waals surface area (Å²) < 4.78 is 0. The van der Waals surface area contributed by atoms with Gasteiger partial charge < -0.3 is 5.73 Å². The van der Waals surface area contributed by atoms with Crippen molar-refractivity contribution in [1.82, 2.24) is 4.90 Å². The van der Waals surface area contributed by atoms with Gasteiger partial charge in [0.05, 0.1) is 13.1 Å². The quantitative estimate of drug-likeness (QED) is 0.617. The van der Waals surface area contributed by atoms with Crippen LogP contribution in [0, 0.1) is 5.92 Å². The summed E-state index contributed by atoms with van der Waals surface area (Å²) in [4.78, 5) is 12.8. The molecule has 0 saturated heterocycles. The zero-order valence-electron chi connectivity index (χ0n) is 7.63. The van der Waals surface area contributed by atoms with Gasteiger partial charge in [0.1, 0.15) is 0 Å². The first kappa shape index (κ1) is 10.6. The summed E-state index contributed by atoms with van der Waals surface area (Å²) >= 11 is 0. The van der Waals surface area contributed by atoms with Gasteiger partial charge in [-0.1, -0.05) is 13.8 Å². The minimum absolute atomic E-state index is 0.105. The maximum Gasteiger partial charge on any atom is 0.160 e. The minimum Gasteiger partial charge on any atom is -0.324 e. The van der Waals surface area contributed by atoms with E-state index in [1.807, 2.05) is 11.9 Å². The van der Waals surface area contributed by atoms with E-state index >= 15 is 0 Å². The number of carbonyl (C=O) groups excluding carboxylic acids is 1. The van der Waals surface area contributed by atoms with E-state index < -0.39 is 0 Å². The maximum absolute atomic E-state index is 10.8. The predicted molar refractivity (Wildman–Crippen MR) is 46.4 cm³/mol. The molecule has 0 aromatic carbocycles. The Morgan fingerprint density at radius 1 is 1.55 bits per heavy atom. The van der Waals surface area contributed by atoms with Crippen molar-refractivity contribution in [2.45, 2.75) is 13.8 Å². The Balaban J connectivity index is 3.51. The number of carbonyl (C=O) groups is 1. The fraction of sp³-hybridized carbons (Fsp3) is 0.875. The maximum atomic E-state index is 10.8. The first-order valence-corrected chi connectivity index (χ1v) is 3.96. The largest absolute Gasteiger partial charge is 0.324 e. The first-order chi connectivity index (χ1) is 5.06. The van der Waals surface area contributed by atoms with Gasteiger partial charge in [-0.3, -0.25) is 9.69 Å². The molecule has 11 heavy (non-hydrogen) atoms. The van der Waals surface area contributed by atoms with Gasteiger partial charge in [0.15, 0.2) is 5.78 Å². The van der Waals surface area contributed by atoms with Crippen LogP contribution in [-0.4, -0.2) is 37.4 Å². The zero-order valence-corrected chi connectivity index (χ0v) is 7.63. The summed E-state index contributed by atoms with van der Waals surface area (Å²) in [7, 11) is 1.94. The third-order valence-corrected chi connectivity index (χ3v) is 1.35. The summed E-state index contributed by atoms with van der Waals surface area (Å²) in [6, 6.07) is 0. The summed E-state index contributed by atoms with van der Waals surface area (Å²) in [5.74, 6) is 0.707. The molecule has 66 valence electrons. The van der Waals surface area contributed by atoms with E-state index in [2.05, 4.69) is 13.8 Å². The molecule has 0 heterocycles. The monoisotopic (exact) mass is 158 g/mol. The third kappa shape index (κ3) is 6.01. The highest BCUT2D eigenvalue weighted by atomic mass is 16.1. The van der Waals surface area contributed by atoms with Crippen molar-refractivity contribution in [1.29, 1.82) is 0 Å². The number of nitrogens with zero attached hydrogens (tertiary/aromatic N) is 1. The number of nitrogens with two attached hydrogens (primary N) is 1. The van der Waals surface area contributed by atoms with Crippen molar-refractivity contribution in [2.75, 3.05) is 26.7 Å². The molecule has 0 aliphatic carbocycles. The molecule has 2 N–H and O–H groups in total. The van der Waals surface area contributed by atoms with Gasteiger partial charge >= 0.3 is 0 Å². The second kappa shape index (κ2) is 5.27. The van der Waals surface area contributed by atoms with E-state index in [-0.39, 0.29) is 12.3 Å². The second-order valence-corrected chi connectivity index (χ2v) is 3.33. The molecular formula is C8H18N2O. The fourth-order valence-electron chi connectivity index (χ4n) is 1.05. The molecule has 0 atom stereocenters. The Morgan fingerprint density at radius 2 is 2.09 bits per heavy atom. The summed E-state index contributed by atoms with van der Waals surface area (Å²) in [6.45, 7) is 5.84. The predicted octanol–water partition coefficient (Wildman–Crippen LogP) is 0.102.